The van der Waals surface area contributed by atoms with Crippen molar-refractivity contribution in [1.82, 2.24) is 5.32 Å². The minimum Gasteiger partial charge on any atom is -0.456 e. The van der Waals surface area contributed by atoms with E-state index in [0.717, 1.165) is 70.6 Å². The van der Waals surface area contributed by atoms with Crippen LogP contribution in [0.25, 0.3) is 0 Å². The van der Waals surface area contributed by atoms with Gasteiger partial charge in [0.2, 0.25) is 5.91 Å². The third-order valence-corrected chi connectivity index (χ3v) is 13.7. The first-order valence-electron chi connectivity index (χ1n) is 29.3. The highest BCUT2D eigenvalue weighted by molar-refractivity contribution is 7.47. The van der Waals surface area contributed by atoms with Gasteiger partial charge in [-0.3, -0.25) is 18.6 Å². The summed E-state index contributed by atoms with van der Waals surface area (Å²) in [6.45, 7) is 6.84. The lowest BCUT2D eigenvalue weighted by Gasteiger charge is -2.27. The number of quaternary nitrogens is 1. The Morgan fingerprint density at radius 1 is 0.507 bits per heavy atom. The number of allylic oxidation sites excluding steroid dienone is 11. The molecule has 0 spiro atoms. The molecule has 1 amide bonds. The Hall–Kier alpha value is -2.55. The first kappa shape index (κ1) is 68.5. The number of rotatable bonds is 52. The molecule has 9 nitrogen and oxygen atoms in total. The van der Waals surface area contributed by atoms with Gasteiger partial charge in [-0.25, -0.2) is 4.57 Å². The molecule has 0 bridgehead atoms. The van der Waals surface area contributed by atoms with Gasteiger partial charge in [-0.2, -0.15) is 0 Å². The van der Waals surface area contributed by atoms with Crippen LogP contribution in [-0.4, -0.2) is 74.3 Å². The largest absolute Gasteiger partial charge is 0.472 e. The van der Waals surface area contributed by atoms with Crippen molar-refractivity contribution in [2.45, 2.75) is 264 Å². The van der Waals surface area contributed by atoms with Crippen LogP contribution in [0.3, 0.4) is 0 Å². The maximum absolute atomic E-state index is 13.5. The van der Waals surface area contributed by atoms with Crippen LogP contribution in [0.2, 0.25) is 0 Å². The van der Waals surface area contributed by atoms with E-state index in [1.165, 1.54) is 141 Å². The van der Waals surface area contributed by atoms with E-state index in [4.69, 9.17) is 13.8 Å². The fraction of sp³-hybridized carbons (Fsp3) is 0.770. The maximum Gasteiger partial charge on any atom is 0.472 e. The van der Waals surface area contributed by atoms with Crippen molar-refractivity contribution in [3.05, 3.63) is 72.9 Å². The average molecular weight is 1020 g/mol. The number of likely N-dealkylation sites (N-methyl/N-ethyl adjacent to an activating group) is 1. The number of phosphoric ester groups is 1. The van der Waals surface area contributed by atoms with Gasteiger partial charge in [0, 0.05) is 12.8 Å². The number of carbonyl (C=O) groups is 2. The predicted molar refractivity (Wildman–Crippen MR) is 305 cm³/mol. The number of unbranched alkanes of at least 4 members (excludes halogenated alkanes) is 26. The third kappa shape index (κ3) is 52.1. The number of nitrogens with one attached hydrogen (secondary N) is 1. The average Bonchev–Trinajstić information content (AvgIpc) is 3.33. The van der Waals surface area contributed by atoms with E-state index < -0.39 is 20.0 Å². The topological polar surface area (TPSA) is 111 Å². The summed E-state index contributed by atoms with van der Waals surface area (Å²) in [6.07, 6.45) is 64.9. The van der Waals surface area contributed by atoms with Crippen LogP contribution in [-0.2, 0) is 27.9 Å². The molecule has 0 aliphatic carbocycles. The number of carbonyl (C=O) groups excluding carboxylic acids is 2. The van der Waals surface area contributed by atoms with E-state index in [2.05, 4.69) is 80.8 Å². The van der Waals surface area contributed by atoms with Crippen molar-refractivity contribution < 1.29 is 37.3 Å². The van der Waals surface area contributed by atoms with Gasteiger partial charge in [0.15, 0.2) is 0 Å². The van der Waals surface area contributed by atoms with Crippen LogP contribution >= 0.6 is 7.82 Å². The Morgan fingerprint density at radius 2 is 0.915 bits per heavy atom. The minimum absolute atomic E-state index is 0.0259. The molecule has 0 heterocycles. The summed E-state index contributed by atoms with van der Waals surface area (Å²) in [4.78, 5) is 37.6. The Labute approximate surface area is 438 Å². The summed E-state index contributed by atoms with van der Waals surface area (Å²) in [7, 11) is 1.45. The summed E-state index contributed by atoms with van der Waals surface area (Å²) < 4.78 is 30.6. The van der Waals surface area contributed by atoms with E-state index in [1.807, 2.05) is 39.4 Å². The quantitative estimate of drug-likeness (QED) is 0.0205. The van der Waals surface area contributed by atoms with Crippen LogP contribution in [0.1, 0.15) is 252 Å². The second-order valence-electron chi connectivity index (χ2n) is 20.8. The van der Waals surface area contributed by atoms with Crippen molar-refractivity contribution in [3.63, 3.8) is 0 Å². The standard InChI is InChI=1S/C61H111N2O7P/c1-7-10-13-16-19-22-25-28-30-32-34-36-39-42-45-48-51-54-61(65)70-59(52-49-46-43-40-37-27-24-21-18-15-12-9-3)58(57-69-71(66,67)68-56-55-63(4,5)6)62-60(64)53-50-47-44-41-38-35-33-31-29-26-23-20-17-14-11-8-2/h11,14,20,23,29,31,35,38,44,47,49,52,58-59H,7-10,12-13,15-19,21-22,24-28,30,32-34,36-37,39-43,45-46,48,50-51,53-57H2,1-6H3,(H-,62,64,66,67)/p+1/b14-11+,23-20+,31-29+,38-35+,47-44+,52-49+. The molecule has 0 aliphatic heterocycles. The Bertz CT molecular complexity index is 1450. The van der Waals surface area contributed by atoms with Crippen LogP contribution in [0.4, 0.5) is 0 Å². The summed E-state index contributed by atoms with van der Waals surface area (Å²) in [5, 5.41) is 3.00. The van der Waals surface area contributed by atoms with Crippen molar-refractivity contribution >= 4 is 19.7 Å². The Balaban J connectivity index is 5.41. The molecule has 3 atom stereocenters. The molecular formula is C61H112N2O7P+. The summed E-state index contributed by atoms with van der Waals surface area (Å²) >= 11 is 0. The molecule has 0 saturated heterocycles. The van der Waals surface area contributed by atoms with Gasteiger partial charge in [-0.1, -0.05) is 248 Å². The van der Waals surface area contributed by atoms with Gasteiger partial charge >= 0.3 is 13.8 Å². The molecule has 10 heteroatoms. The fourth-order valence-electron chi connectivity index (χ4n) is 8.16. The molecule has 2 N–H and O–H groups in total. The van der Waals surface area contributed by atoms with Crippen molar-refractivity contribution in [2.24, 2.45) is 0 Å². The normalized spacial score (nSPS) is 14.3. The number of amides is 1. The van der Waals surface area contributed by atoms with E-state index in [9.17, 15) is 19.0 Å². The Morgan fingerprint density at radius 3 is 1.35 bits per heavy atom. The summed E-state index contributed by atoms with van der Waals surface area (Å²) in [5.41, 5.74) is 0. The van der Waals surface area contributed by atoms with E-state index >= 15 is 0 Å². The molecule has 3 unspecified atom stereocenters. The lowest BCUT2D eigenvalue weighted by Crippen LogP contribution is -2.47. The van der Waals surface area contributed by atoms with Gasteiger partial charge in [-0.05, 0) is 63.9 Å². The molecule has 0 aromatic rings. The molecule has 0 radical (unpaired) electrons. The fourth-order valence-corrected chi connectivity index (χ4v) is 8.90. The van der Waals surface area contributed by atoms with Gasteiger partial charge < -0.3 is 19.4 Å². The van der Waals surface area contributed by atoms with Crippen LogP contribution in [0, 0.1) is 0 Å². The smallest absolute Gasteiger partial charge is 0.456 e. The predicted octanol–water partition coefficient (Wildman–Crippen LogP) is 17.7. The van der Waals surface area contributed by atoms with Crippen molar-refractivity contribution in [3.8, 4) is 0 Å². The summed E-state index contributed by atoms with van der Waals surface area (Å²) in [5.74, 6) is -0.598. The minimum atomic E-state index is -4.46. The molecular weight excluding hydrogens is 904 g/mol. The molecule has 0 saturated carbocycles. The molecule has 0 aromatic carbocycles. The van der Waals surface area contributed by atoms with Crippen molar-refractivity contribution in [2.75, 3.05) is 40.9 Å². The van der Waals surface area contributed by atoms with E-state index in [-0.39, 0.29) is 37.9 Å². The zero-order valence-electron chi connectivity index (χ0n) is 47.0. The molecule has 0 aliphatic rings. The maximum atomic E-state index is 13.5. The van der Waals surface area contributed by atoms with E-state index in [1.54, 1.807) is 0 Å². The second kappa shape index (κ2) is 51.0. The number of hydrogen-bond donors (Lipinski definition) is 2. The van der Waals surface area contributed by atoms with Gasteiger partial charge in [0.25, 0.3) is 0 Å². The van der Waals surface area contributed by atoms with Gasteiger partial charge in [0.05, 0.1) is 33.8 Å². The van der Waals surface area contributed by atoms with Crippen LogP contribution in [0.15, 0.2) is 72.9 Å². The Kier molecular flexibility index (Phi) is 49.1. The first-order valence-corrected chi connectivity index (χ1v) is 30.8. The lowest BCUT2D eigenvalue weighted by molar-refractivity contribution is -0.870. The summed E-state index contributed by atoms with van der Waals surface area (Å²) in [6, 6.07) is -0.887. The highest BCUT2D eigenvalue weighted by Gasteiger charge is 2.30. The molecule has 0 rings (SSSR count). The highest BCUT2D eigenvalue weighted by Crippen LogP contribution is 2.43. The van der Waals surface area contributed by atoms with Crippen molar-refractivity contribution in [1.29, 1.82) is 0 Å². The molecule has 0 aromatic heterocycles. The zero-order valence-corrected chi connectivity index (χ0v) is 47.8. The highest BCUT2D eigenvalue weighted by atomic mass is 31.2. The second-order valence-corrected chi connectivity index (χ2v) is 22.2. The molecule has 412 valence electrons. The van der Waals surface area contributed by atoms with Gasteiger partial charge in [0.1, 0.15) is 19.3 Å². The monoisotopic (exact) mass is 1020 g/mol. The number of nitrogens with zero attached hydrogens (tertiary/aromatic N) is 1. The first-order chi connectivity index (χ1) is 34.4. The zero-order chi connectivity index (χ0) is 52.2. The molecule has 71 heavy (non-hydrogen) atoms. The van der Waals surface area contributed by atoms with Crippen LogP contribution in [0.5, 0.6) is 0 Å². The third-order valence-electron chi connectivity index (χ3n) is 12.7. The number of phosphoric acid groups is 1. The van der Waals surface area contributed by atoms with E-state index in [0.29, 0.717) is 17.4 Å². The lowest BCUT2D eigenvalue weighted by atomic mass is 10.0. The van der Waals surface area contributed by atoms with Gasteiger partial charge in [-0.15, -0.1) is 0 Å². The number of hydrogen-bond acceptors (Lipinski definition) is 6. The van der Waals surface area contributed by atoms with Crippen LogP contribution < -0.4 is 5.32 Å². The SMILES string of the molecule is CC/C=C/C/C=C/C/C=C/C/C=C/C/C=C/CCC(=O)NC(COP(=O)(O)OCC[N+](C)(C)C)C(/C=C/CCCCCCCCCCCC)OC(=O)CCCCCCCCCCCCCCCCCCC. The number of esters is 1. The molecule has 0 fully saturated rings. The number of ether oxygens (including phenoxy) is 1.